The molecule has 0 saturated heterocycles. The van der Waals surface area contributed by atoms with Crippen LogP contribution in [0.15, 0.2) is 41.8 Å². The average Bonchev–Trinajstić information content (AvgIpc) is 2.95. The van der Waals surface area contributed by atoms with Crippen molar-refractivity contribution in [3.63, 3.8) is 0 Å². The van der Waals surface area contributed by atoms with Crippen LogP contribution < -0.4 is 0 Å². The van der Waals surface area contributed by atoms with Crippen molar-refractivity contribution >= 4 is 11.8 Å². The van der Waals surface area contributed by atoms with E-state index in [-0.39, 0.29) is 0 Å². The third-order valence-corrected chi connectivity index (χ3v) is 4.03. The third kappa shape index (κ3) is 5.15. The molecule has 0 amide bonds. The second-order valence-electron chi connectivity index (χ2n) is 5.08. The summed E-state index contributed by atoms with van der Waals surface area (Å²) in [5.41, 5.74) is 1.11. The number of hydrogen-bond donors (Lipinski definition) is 1. The number of aromatic nitrogens is 3. The zero-order valence-corrected chi connectivity index (χ0v) is 13.2. The van der Waals surface area contributed by atoms with Gasteiger partial charge in [0.15, 0.2) is 5.16 Å². The summed E-state index contributed by atoms with van der Waals surface area (Å²) in [4.78, 5) is 0. The van der Waals surface area contributed by atoms with Gasteiger partial charge in [0.1, 0.15) is 6.33 Å². The van der Waals surface area contributed by atoms with Crippen LogP contribution in [-0.2, 0) is 11.3 Å². The maximum atomic E-state index is 9.95. The summed E-state index contributed by atoms with van der Waals surface area (Å²) in [7, 11) is 0. The summed E-state index contributed by atoms with van der Waals surface area (Å²) in [6.45, 7) is 4.99. The Morgan fingerprint density at radius 3 is 2.76 bits per heavy atom. The van der Waals surface area contributed by atoms with E-state index in [9.17, 15) is 5.11 Å². The fourth-order valence-electron chi connectivity index (χ4n) is 1.80. The molecule has 114 valence electrons. The van der Waals surface area contributed by atoms with Gasteiger partial charge in [-0.1, -0.05) is 42.1 Å². The molecule has 2 aromatic rings. The first-order valence-corrected chi connectivity index (χ1v) is 7.97. The Hall–Kier alpha value is -1.37. The van der Waals surface area contributed by atoms with Crippen LogP contribution in [0.5, 0.6) is 0 Å². The lowest BCUT2D eigenvalue weighted by molar-refractivity contribution is 0.0397. The number of thioether (sulfide) groups is 1. The van der Waals surface area contributed by atoms with Crippen LogP contribution in [0.4, 0.5) is 0 Å². The molecule has 0 spiro atoms. The Balaban J connectivity index is 1.70. The van der Waals surface area contributed by atoms with Gasteiger partial charge in [-0.3, -0.25) is 0 Å². The lowest BCUT2D eigenvalue weighted by Crippen LogP contribution is -2.18. The molecule has 0 bridgehead atoms. The first-order valence-electron chi connectivity index (χ1n) is 6.99. The van der Waals surface area contributed by atoms with E-state index in [1.54, 1.807) is 6.33 Å². The smallest absolute Gasteiger partial charge is 0.191 e. The Morgan fingerprint density at radius 2 is 2.05 bits per heavy atom. The highest BCUT2D eigenvalue weighted by molar-refractivity contribution is 7.99. The predicted octanol–water partition coefficient (Wildman–Crippen LogP) is 2.53. The number of hydrogen-bond acceptors (Lipinski definition) is 5. The van der Waals surface area contributed by atoms with Gasteiger partial charge in [0.25, 0.3) is 0 Å². The van der Waals surface area contributed by atoms with Gasteiger partial charge in [0.2, 0.25) is 0 Å². The third-order valence-electron chi connectivity index (χ3n) is 2.92. The van der Waals surface area contributed by atoms with Crippen molar-refractivity contribution in [1.82, 2.24) is 14.8 Å². The number of aliphatic hydroxyl groups excluding tert-OH is 1. The summed E-state index contributed by atoms with van der Waals surface area (Å²) in [6.07, 6.45) is 1.20. The van der Waals surface area contributed by atoms with Crippen molar-refractivity contribution in [2.75, 3.05) is 12.4 Å². The van der Waals surface area contributed by atoms with E-state index in [1.807, 2.05) is 34.9 Å². The number of benzene rings is 1. The van der Waals surface area contributed by atoms with Crippen molar-refractivity contribution in [3.8, 4) is 0 Å². The van der Waals surface area contributed by atoms with Crippen molar-refractivity contribution < 1.29 is 9.84 Å². The molecule has 21 heavy (non-hydrogen) atoms. The summed E-state index contributed by atoms with van der Waals surface area (Å²) in [5, 5.41) is 18.7. The van der Waals surface area contributed by atoms with Crippen molar-refractivity contribution in [2.45, 2.75) is 37.8 Å². The maximum Gasteiger partial charge on any atom is 0.191 e. The van der Waals surface area contributed by atoms with Gasteiger partial charge in [0, 0.05) is 11.8 Å². The largest absolute Gasteiger partial charge is 0.390 e. The minimum absolute atomic E-state index is 0.314. The minimum Gasteiger partial charge on any atom is -0.390 e. The van der Waals surface area contributed by atoms with E-state index in [1.165, 1.54) is 11.8 Å². The molecule has 0 saturated carbocycles. The van der Waals surface area contributed by atoms with Crippen molar-refractivity contribution in [2.24, 2.45) is 0 Å². The molecule has 0 radical (unpaired) electrons. The van der Waals surface area contributed by atoms with E-state index in [0.717, 1.165) is 10.7 Å². The molecule has 1 aromatic heterocycles. The lowest BCUT2D eigenvalue weighted by atomic mass is 10.2. The fraction of sp³-hybridized carbons (Fsp3) is 0.467. The van der Waals surface area contributed by atoms with Gasteiger partial charge in [-0.2, -0.15) is 0 Å². The first-order chi connectivity index (χ1) is 10.2. The molecular formula is C15H21N3O2S. The molecule has 1 heterocycles. The molecule has 1 N–H and O–H groups in total. The van der Waals surface area contributed by atoms with Crippen LogP contribution in [0.3, 0.4) is 0 Å². The fourth-order valence-corrected chi connectivity index (χ4v) is 2.74. The van der Waals surface area contributed by atoms with E-state index < -0.39 is 6.10 Å². The first kappa shape index (κ1) is 16.0. The van der Waals surface area contributed by atoms with Crippen LogP contribution >= 0.6 is 11.8 Å². The van der Waals surface area contributed by atoms with Gasteiger partial charge in [-0.25, -0.2) is 0 Å². The predicted molar refractivity (Wildman–Crippen MR) is 83.2 cm³/mol. The number of aliphatic hydroxyl groups is 1. The van der Waals surface area contributed by atoms with E-state index in [4.69, 9.17) is 4.74 Å². The Kier molecular flexibility index (Phi) is 6.22. The normalized spacial score (nSPS) is 12.8. The van der Waals surface area contributed by atoms with E-state index >= 15 is 0 Å². The lowest BCUT2D eigenvalue weighted by Gasteiger charge is -2.12. The molecular weight excluding hydrogens is 286 g/mol. The van der Waals surface area contributed by atoms with Crippen LogP contribution in [-0.4, -0.2) is 38.3 Å². The van der Waals surface area contributed by atoms with E-state index in [2.05, 4.69) is 24.0 Å². The molecule has 1 unspecified atom stereocenters. The highest BCUT2D eigenvalue weighted by Gasteiger charge is 2.11. The molecule has 0 aliphatic heterocycles. The summed E-state index contributed by atoms with van der Waals surface area (Å²) in [5.74, 6) is 0.542. The van der Waals surface area contributed by atoms with Crippen LogP contribution in [0.25, 0.3) is 0 Å². The number of ether oxygens (including phenoxy) is 1. The molecule has 0 aliphatic carbocycles. The summed E-state index contributed by atoms with van der Waals surface area (Å²) in [6, 6.07) is 10.3. The molecule has 0 aliphatic rings. The minimum atomic E-state index is -0.518. The van der Waals surface area contributed by atoms with Crippen molar-refractivity contribution in [1.29, 1.82) is 0 Å². The highest BCUT2D eigenvalue weighted by atomic mass is 32.2. The molecule has 1 atom stereocenters. The Morgan fingerprint density at radius 1 is 1.29 bits per heavy atom. The quantitative estimate of drug-likeness (QED) is 0.759. The summed E-state index contributed by atoms with van der Waals surface area (Å²) < 4.78 is 7.51. The van der Waals surface area contributed by atoms with Gasteiger partial charge < -0.3 is 14.4 Å². The monoisotopic (exact) mass is 307 g/mol. The van der Waals surface area contributed by atoms with Crippen molar-refractivity contribution in [3.05, 3.63) is 42.2 Å². The average molecular weight is 307 g/mol. The van der Waals surface area contributed by atoms with Gasteiger partial charge >= 0.3 is 0 Å². The zero-order chi connectivity index (χ0) is 15.1. The molecule has 6 heteroatoms. The van der Waals surface area contributed by atoms with Crippen LogP contribution in [0.1, 0.15) is 25.5 Å². The Bertz CT molecular complexity index is 531. The molecule has 1 aromatic carbocycles. The zero-order valence-electron chi connectivity index (χ0n) is 12.3. The number of nitrogens with zero attached hydrogens (tertiary/aromatic N) is 3. The van der Waals surface area contributed by atoms with Gasteiger partial charge in [0.05, 0.1) is 19.3 Å². The van der Waals surface area contributed by atoms with Crippen LogP contribution in [0, 0.1) is 0 Å². The SMILES string of the molecule is CC(C)n1cnnc1SCC(O)COCc1ccccc1. The standard InChI is InChI=1S/C15H21N3O2S/c1-12(2)18-11-16-17-15(18)21-10-14(19)9-20-8-13-6-4-3-5-7-13/h3-7,11-12,14,19H,8-10H2,1-2H3. The van der Waals surface area contributed by atoms with E-state index in [0.29, 0.717) is 25.0 Å². The van der Waals surface area contributed by atoms with Crippen LogP contribution in [0.2, 0.25) is 0 Å². The molecule has 0 fully saturated rings. The van der Waals surface area contributed by atoms with Gasteiger partial charge in [-0.05, 0) is 19.4 Å². The second-order valence-corrected chi connectivity index (χ2v) is 6.07. The number of rotatable bonds is 8. The molecule has 5 nitrogen and oxygen atoms in total. The highest BCUT2D eigenvalue weighted by Crippen LogP contribution is 2.19. The maximum absolute atomic E-state index is 9.95. The summed E-state index contributed by atoms with van der Waals surface area (Å²) >= 11 is 1.50. The van der Waals surface area contributed by atoms with Gasteiger partial charge in [-0.15, -0.1) is 10.2 Å². The topological polar surface area (TPSA) is 60.2 Å². The Labute approximate surface area is 129 Å². The second kappa shape index (κ2) is 8.17. The molecule has 2 rings (SSSR count).